The van der Waals surface area contributed by atoms with E-state index in [-0.39, 0.29) is 29.6 Å². The maximum absolute atomic E-state index is 12.3. The molecule has 1 N–H and O–H groups in total. The maximum Gasteiger partial charge on any atom is 1.00 e. The molecule has 0 aromatic heterocycles. The van der Waals surface area contributed by atoms with Gasteiger partial charge in [-0.05, 0) is 0 Å². The summed E-state index contributed by atoms with van der Waals surface area (Å²) >= 11 is 0. The molecule has 3 nitrogen and oxygen atoms in total. The normalized spacial score (nSPS) is 15.2. The van der Waals surface area contributed by atoms with E-state index < -0.39 is 33.3 Å². The zero-order valence-electron chi connectivity index (χ0n) is 8.13. The third kappa shape index (κ3) is 2.89. The van der Waals surface area contributed by atoms with Gasteiger partial charge >= 0.3 is 52.8 Å². The third-order valence-corrected chi connectivity index (χ3v) is 2.38. The molecule has 0 aromatic rings. The second kappa shape index (κ2) is 5.00. The molecule has 0 bridgehead atoms. The number of rotatable bonds is 3. The van der Waals surface area contributed by atoms with E-state index in [0.717, 1.165) is 0 Å². The minimum atomic E-state index is -7.31. The number of alkyl halides is 9. The van der Waals surface area contributed by atoms with Crippen LogP contribution in [0.15, 0.2) is 0 Å². The van der Waals surface area contributed by atoms with E-state index in [2.05, 4.69) is 0 Å². The summed E-state index contributed by atoms with van der Waals surface area (Å²) < 4.78 is 127. The van der Waals surface area contributed by atoms with Gasteiger partial charge < -0.3 is 5.14 Å². The van der Waals surface area contributed by atoms with E-state index in [1.807, 2.05) is 0 Å². The predicted molar refractivity (Wildman–Crippen MR) is 34.1 cm³/mol. The van der Waals surface area contributed by atoms with Gasteiger partial charge in [-0.1, -0.05) is 0 Å². The maximum atomic E-state index is 12.3. The topological polar surface area (TPSA) is 57.9 Å². The number of hydrogen-bond acceptors (Lipinski definition) is 2. The van der Waals surface area contributed by atoms with Crippen molar-refractivity contribution in [3.8, 4) is 0 Å². The van der Waals surface area contributed by atoms with Crippen molar-refractivity contribution >= 4 is 10.0 Å². The standard InChI is InChI=1S/C4HF9NO2S.Na/c5-1(6,3(9,10)11)2(7,8)4(12,13)17(14,15)16;/h(H-,14,15,16);/q-1;+1. The first-order valence-corrected chi connectivity index (χ1v) is 4.68. The minimum Gasteiger partial charge on any atom is -0.559 e. The fraction of sp³-hybridized carbons (Fsp3) is 1.00. The largest absolute Gasteiger partial charge is 1.00 e. The molecule has 0 radical (unpaired) electrons. The second-order valence-corrected chi connectivity index (χ2v) is 4.19. The van der Waals surface area contributed by atoms with Crippen LogP contribution in [0.4, 0.5) is 39.5 Å². The van der Waals surface area contributed by atoms with Crippen LogP contribution >= 0.6 is 0 Å². The van der Waals surface area contributed by atoms with Crippen LogP contribution in [0.2, 0.25) is 0 Å². The van der Waals surface area contributed by atoms with Gasteiger partial charge in [-0.2, -0.15) is 39.5 Å². The summed E-state index contributed by atoms with van der Waals surface area (Å²) in [6.07, 6.45) is -7.11. The fourth-order valence-electron chi connectivity index (χ4n) is 0.530. The molecule has 0 amide bonds. The van der Waals surface area contributed by atoms with Gasteiger partial charge in [0.1, 0.15) is 10.0 Å². The van der Waals surface area contributed by atoms with Crippen molar-refractivity contribution in [1.29, 1.82) is 0 Å². The molecule has 0 unspecified atom stereocenters. The van der Waals surface area contributed by atoms with E-state index in [0.29, 0.717) is 0 Å². The molecule has 0 aliphatic heterocycles. The summed E-state index contributed by atoms with van der Waals surface area (Å²) in [5, 5.41) is -1.37. The summed E-state index contributed by atoms with van der Waals surface area (Å²) in [6.45, 7) is 0. The molecule has 0 aliphatic rings. The minimum absolute atomic E-state index is 0. The Labute approximate surface area is 116 Å². The molecular formula is C4HF9NNaO2S. The Kier molecular flexibility index (Phi) is 5.72. The monoisotopic (exact) mass is 321 g/mol. The average Bonchev–Trinajstić information content (AvgIpc) is 1.98. The van der Waals surface area contributed by atoms with Crippen molar-refractivity contribution in [3.63, 3.8) is 0 Å². The van der Waals surface area contributed by atoms with Gasteiger partial charge in [0.25, 0.3) is 0 Å². The zero-order chi connectivity index (χ0) is 14.5. The fourth-order valence-corrected chi connectivity index (χ4v) is 0.995. The molecule has 0 aliphatic carbocycles. The number of sulfonamides is 1. The first-order valence-electron chi connectivity index (χ1n) is 3.19. The summed E-state index contributed by atoms with van der Waals surface area (Å²) in [7, 11) is -6.92. The Hall–Kier alpha value is 0.280. The number of nitrogens with one attached hydrogen (secondary N) is 1. The van der Waals surface area contributed by atoms with Gasteiger partial charge in [-0.3, -0.25) is 0 Å². The van der Waals surface area contributed by atoms with Crippen molar-refractivity contribution in [2.75, 3.05) is 0 Å². The van der Waals surface area contributed by atoms with E-state index in [1.54, 1.807) is 0 Å². The van der Waals surface area contributed by atoms with Gasteiger partial charge in [0.15, 0.2) is 0 Å². The van der Waals surface area contributed by atoms with Crippen LogP contribution in [0, 0.1) is 0 Å². The first kappa shape index (κ1) is 20.6. The molecule has 14 heteroatoms. The van der Waals surface area contributed by atoms with Crippen LogP contribution in [-0.2, 0) is 10.0 Å². The summed E-state index contributed by atoms with van der Waals surface area (Å²) in [5.74, 6) is -14.6. The zero-order valence-corrected chi connectivity index (χ0v) is 10.9. The van der Waals surface area contributed by atoms with Crippen molar-refractivity contribution in [2.45, 2.75) is 23.3 Å². The third-order valence-electron chi connectivity index (χ3n) is 1.45. The summed E-state index contributed by atoms with van der Waals surface area (Å²) in [5.41, 5.74) is 0. The van der Waals surface area contributed by atoms with Gasteiger partial charge in [0.2, 0.25) is 0 Å². The van der Waals surface area contributed by atoms with Gasteiger partial charge in [0, 0.05) is 0 Å². The summed E-state index contributed by atoms with van der Waals surface area (Å²) in [4.78, 5) is 0. The van der Waals surface area contributed by atoms with Crippen LogP contribution < -0.4 is 29.6 Å². The van der Waals surface area contributed by atoms with Crippen molar-refractivity contribution in [1.82, 2.24) is 0 Å². The Morgan fingerprint density at radius 3 is 1.17 bits per heavy atom. The molecule has 104 valence electrons. The predicted octanol–water partition coefficient (Wildman–Crippen LogP) is -0.202. The molecular weight excluding hydrogens is 320 g/mol. The van der Waals surface area contributed by atoms with Crippen LogP contribution in [0.25, 0.3) is 5.14 Å². The molecule has 0 rings (SSSR count). The van der Waals surface area contributed by atoms with Gasteiger partial charge in [-0.15, -0.1) is 0 Å². The second-order valence-electron chi connectivity index (χ2n) is 2.67. The van der Waals surface area contributed by atoms with E-state index in [4.69, 9.17) is 5.14 Å². The Morgan fingerprint density at radius 2 is 1.00 bits per heavy atom. The first-order chi connectivity index (χ1) is 7.00. The Morgan fingerprint density at radius 1 is 0.722 bits per heavy atom. The molecule has 0 saturated heterocycles. The van der Waals surface area contributed by atoms with E-state index in [1.165, 1.54) is 0 Å². The molecule has 0 aromatic carbocycles. The molecule has 0 fully saturated rings. The number of halogens is 9. The molecule has 0 spiro atoms. The number of hydrogen-bond donors (Lipinski definition) is 0. The SMILES string of the molecule is [NH-]S(=O)(=O)C(F)(F)C(F)(F)C(F)(F)C(F)(F)F.[Na+]. The van der Waals surface area contributed by atoms with Crippen LogP contribution in [0.5, 0.6) is 0 Å². The molecule has 0 saturated carbocycles. The molecule has 0 atom stereocenters. The molecule has 0 heterocycles. The van der Waals surface area contributed by atoms with E-state index in [9.17, 15) is 47.9 Å². The van der Waals surface area contributed by atoms with Crippen LogP contribution in [0.3, 0.4) is 0 Å². The average molecular weight is 321 g/mol. The van der Waals surface area contributed by atoms with E-state index >= 15 is 0 Å². The Bertz CT molecular complexity index is 401. The van der Waals surface area contributed by atoms with Crippen molar-refractivity contribution in [3.05, 3.63) is 5.14 Å². The van der Waals surface area contributed by atoms with Crippen LogP contribution in [0.1, 0.15) is 0 Å². The smallest absolute Gasteiger partial charge is 0.559 e. The van der Waals surface area contributed by atoms with Crippen molar-refractivity contribution < 1.29 is 77.5 Å². The van der Waals surface area contributed by atoms with Crippen molar-refractivity contribution in [2.24, 2.45) is 0 Å². The van der Waals surface area contributed by atoms with Gasteiger partial charge in [0.05, 0.1) is 0 Å². The molecule has 18 heavy (non-hydrogen) atoms. The van der Waals surface area contributed by atoms with Gasteiger partial charge in [-0.25, -0.2) is 8.42 Å². The quantitative estimate of drug-likeness (QED) is 0.534. The Balaban J connectivity index is 0. The van der Waals surface area contributed by atoms with Crippen LogP contribution in [-0.4, -0.2) is 31.7 Å². The summed E-state index contributed by atoms with van der Waals surface area (Å²) in [6, 6.07) is 0.